The minimum atomic E-state index is -5.08. The monoisotopic (exact) mass is 671 g/mol. The van der Waals surface area contributed by atoms with E-state index in [2.05, 4.69) is 9.97 Å². The van der Waals surface area contributed by atoms with Crippen LogP contribution < -0.4 is 16.4 Å². The zero-order chi connectivity index (χ0) is 34.7. The number of aromatic nitrogens is 2. The Morgan fingerprint density at radius 2 is 1.66 bits per heavy atom. The Bertz CT molecular complexity index is 1730. The van der Waals surface area contributed by atoms with E-state index in [1.807, 2.05) is 24.3 Å². The third kappa shape index (κ3) is 10.2. The number of thiophene rings is 1. The van der Waals surface area contributed by atoms with E-state index in [-0.39, 0.29) is 5.91 Å². The molecule has 47 heavy (non-hydrogen) atoms. The van der Waals surface area contributed by atoms with Gasteiger partial charge in [-0.3, -0.25) is 24.3 Å². The molecule has 248 valence electrons. The predicted octanol–water partition coefficient (Wildman–Crippen LogP) is 5.00. The summed E-state index contributed by atoms with van der Waals surface area (Å²) in [6.45, 7) is 1.63. The second kappa shape index (κ2) is 16.4. The molecule has 2 amide bonds. The highest BCUT2D eigenvalue weighted by atomic mass is 32.1. The Morgan fingerprint density at radius 1 is 0.979 bits per heavy atom. The molecule has 3 aromatic heterocycles. The van der Waals surface area contributed by atoms with Gasteiger partial charge in [-0.25, -0.2) is 9.78 Å². The molecule has 0 spiro atoms. The Hall–Kier alpha value is -5.15. The fourth-order valence-corrected chi connectivity index (χ4v) is 5.83. The first-order valence-corrected chi connectivity index (χ1v) is 15.0. The zero-order valence-corrected chi connectivity index (χ0v) is 26.0. The molecule has 0 fully saturated rings. The van der Waals surface area contributed by atoms with E-state index in [4.69, 9.17) is 26.5 Å². The molecule has 0 aliphatic heterocycles. The molecule has 1 aliphatic rings. The average molecular weight is 672 g/mol. The zero-order valence-electron chi connectivity index (χ0n) is 25.2. The van der Waals surface area contributed by atoms with Gasteiger partial charge < -0.3 is 21.7 Å². The van der Waals surface area contributed by atoms with Gasteiger partial charge in [0.25, 0.3) is 11.8 Å². The smallest absolute Gasteiger partial charge is 0.480 e. The van der Waals surface area contributed by atoms with E-state index < -0.39 is 30.6 Å². The minimum absolute atomic E-state index is 0.308. The Labute approximate surface area is 271 Å². The van der Waals surface area contributed by atoms with E-state index in [1.54, 1.807) is 60.9 Å². The molecule has 6 N–H and O–H groups in total. The minimum Gasteiger partial charge on any atom is -0.480 e. The lowest BCUT2D eigenvalue weighted by Crippen LogP contribution is -2.36. The quantitative estimate of drug-likeness (QED) is 0.209. The number of carbonyl (C=O) groups excluding carboxylic acids is 2. The summed E-state index contributed by atoms with van der Waals surface area (Å²) >= 11 is 1.55. The molecule has 3 heterocycles. The van der Waals surface area contributed by atoms with Crippen molar-refractivity contribution in [2.24, 2.45) is 11.5 Å². The number of nitrogens with zero attached hydrogens (tertiary/aromatic N) is 3. The molecule has 0 unspecified atom stereocenters. The van der Waals surface area contributed by atoms with E-state index >= 15 is 0 Å². The van der Waals surface area contributed by atoms with E-state index in [0.717, 1.165) is 34.6 Å². The molecule has 0 radical (unpaired) electrons. The number of hydrogen-bond donors (Lipinski definition) is 4. The number of aliphatic carboxylic acids is 2. The number of alkyl halides is 3. The lowest BCUT2D eigenvalue weighted by molar-refractivity contribution is -0.192. The van der Waals surface area contributed by atoms with Crippen LogP contribution in [0.4, 0.5) is 19.0 Å². The first kappa shape index (κ1) is 36.3. The molecule has 11 nitrogen and oxygen atoms in total. The Kier molecular flexibility index (Phi) is 12.7. The fraction of sp³-hybridized carbons (Fsp3) is 0.250. The van der Waals surface area contributed by atoms with E-state index in [1.165, 1.54) is 23.3 Å². The van der Waals surface area contributed by atoms with Crippen LogP contribution in [0.2, 0.25) is 0 Å². The van der Waals surface area contributed by atoms with Crippen molar-refractivity contribution in [2.45, 2.75) is 45.3 Å². The second-order valence-corrected chi connectivity index (χ2v) is 11.2. The summed E-state index contributed by atoms with van der Waals surface area (Å²) in [5.41, 5.74) is 16.1. The van der Waals surface area contributed by atoms with Crippen LogP contribution >= 0.6 is 11.3 Å². The SMILES string of the molecule is Cc1cccc(N(CC(=O)O)C(=O)c2cccc(CN)c2)n1.NC(=O)c1sc2c(c1-c1ccccn1)CCCC2.O=C(O)C(F)(F)F. The molecule has 15 heteroatoms. The molecule has 1 aliphatic carbocycles. The number of carboxylic acids is 2. The van der Waals surface area contributed by atoms with Crippen molar-refractivity contribution in [3.63, 3.8) is 0 Å². The number of amides is 2. The third-order valence-electron chi connectivity index (χ3n) is 6.66. The number of hydrogen-bond acceptors (Lipinski definition) is 8. The van der Waals surface area contributed by atoms with Crippen LogP contribution in [0.3, 0.4) is 0 Å². The van der Waals surface area contributed by atoms with Crippen LogP contribution in [-0.4, -0.2) is 56.7 Å². The Balaban J connectivity index is 0.000000216. The average Bonchev–Trinajstić information content (AvgIpc) is 3.44. The van der Waals surface area contributed by atoms with Crippen LogP contribution in [-0.2, 0) is 29.0 Å². The van der Waals surface area contributed by atoms with Crippen molar-refractivity contribution in [1.82, 2.24) is 9.97 Å². The number of fused-ring (bicyclic) bond motifs is 1. The van der Waals surface area contributed by atoms with Gasteiger partial charge in [0.05, 0.1) is 5.69 Å². The van der Waals surface area contributed by atoms with Gasteiger partial charge in [0, 0.05) is 34.4 Å². The van der Waals surface area contributed by atoms with Gasteiger partial charge in [0.15, 0.2) is 0 Å². The van der Waals surface area contributed by atoms with Gasteiger partial charge in [-0.2, -0.15) is 13.2 Å². The summed E-state index contributed by atoms with van der Waals surface area (Å²) in [5.74, 6) is -4.31. The van der Waals surface area contributed by atoms with Gasteiger partial charge in [-0.05, 0) is 80.1 Å². The third-order valence-corrected chi connectivity index (χ3v) is 7.96. The van der Waals surface area contributed by atoms with Crippen LogP contribution in [0, 0.1) is 6.92 Å². The summed E-state index contributed by atoms with van der Waals surface area (Å²) < 4.78 is 31.7. The van der Waals surface area contributed by atoms with Gasteiger partial charge in [-0.1, -0.05) is 24.3 Å². The van der Waals surface area contributed by atoms with E-state index in [0.29, 0.717) is 28.5 Å². The van der Waals surface area contributed by atoms with Gasteiger partial charge in [0.1, 0.15) is 17.2 Å². The molecule has 0 saturated carbocycles. The van der Waals surface area contributed by atoms with Crippen LogP contribution in [0.1, 0.15) is 54.6 Å². The molecule has 0 bridgehead atoms. The number of anilines is 1. The maximum Gasteiger partial charge on any atom is 0.490 e. The van der Waals surface area contributed by atoms with Crippen LogP contribution in [0.25, 0.3) is 11.3 Å². The highest BCUT2D eigenvalue weighted by Gasteiger charge is 2.38. The Morgan fingerprint density at radius 3 is 2.23 bits per heavy atom. The molecule has 0 saturated heterocycles. The van der Waals surface area contributed by atoms with Crippen molar-refractivity contribution in [1.29, 1.82) is 0 Å². The second-order valence-electron chi connectivity index (χ2n) is 10.1. The molecular weight excluding hydrogens is 639 g/mol. The van der Waals surface area contributed by atoms with Gasteiger partial charge in [0.2, 0.25) is 0 Å². The molecular formula is C32H32F3N5O6S. The van der Waals surface area contributed by atoms with Crippen molar-refractivity contribution < 1.29 is 42.6 Å². The van der Waals surface area contributed by atoms with Crippen LogP contribution in [0.5, 0.6) is 0 Å². The highest BCUT2D eigenvalue weighted by Crippen LogP contribution is 2.39. The molecule has 1 aromatic carbocycles. The maximum absolute atomic E-state index is 12.6. The predicted molar refractivity (Wildman–Crippen MR) is 169 cm³/mol. The largest absolute Gasteiger partial charge is 0.490 e. The van der Waals surface area contributed by atoms with Gasteiger partial charge >= 0.3 is 18.1 Å². The van der Waals surface area contributed by atoms with Crippen molar-refractivity contribution >= 4 is 40.9 Å². The van der Waals surface area contributed by atoms with E-state index in [9.17, 15) is 27.6 Å². The summed E-state index contributed by atoms with van der Waals surface area (Å²) in [6.07, 6.45) is 1.15. The van der Waals surface area contributed by atoms with Crippen LogP contribution in [0.15, 0.2) is 66.9 Å². The lowest BCUT2D eigenvalue weighted by Gasteiger charge is -2.20. The van der Waals surface area contributed by atoms with Crippen molar-refractivity contribution in [3.05, 3.63) is 99.0 Å². The fourth-order valence-electron chi connectivity index (χ4n) is 4.58. The molecule has 4 aromatic rings. The number of nitrogens with two attached hydrogens (primary N) is 2. The number of carbonyl (C=O) groups is 4. The number of pyridine rings is 2. The maximum atomic E-state index is 12.6. The summed E-state index contributed by atoms with van der Waals surface area (Å²) in [5, 5.41) is 16.2. The van der Waals surface area contributed by atoms with Gasteiger partial charge in [-0.15, -0.1) is 11.3 Å². The first-order chi connectivity index (χ1) is 22.2. The van der Waals surface area contributed by atoms with Crippen molar-refractivity contribution in [2.75, 3.05) is 11.4 Å². The van der Waals surface area contributed by atoms with Crippen molar-refractivity contribution in [3.8, 4) is 11.3 Å². The number of halogens is 3. The number of primary amides is 1. The topological polar surface area (TPSA) is 190 Å². The highest BCUT2D eigenvalue weighted by molar-refractivity contribution is 7.14. The first-order valence-electron chi connectivity index (χ1n) is 14.1. The summed E-state index contributed by atoms with van der Waals surface area (Å²) in [4.78, 5) is 56.0. The number of aryl methyl sites for hydroxylation is 2. The lowest BCUT2D eigenvalue weighted by atomic mass is 9.93. The summed E-state index contributed by atoms with van der Waals surface area (Å²) in [7, 11) is 0. The molecule has 0 atom stereocenters. The standard InChI is InChI=1S/C16H17N3O3.C14H14N2OS.C2HF3O2/c1-11-4-2-7-14(18-11)19(10-15(20)21)16(22)13-6-3-5-12(8-13)9-17;15-14(17)13-12(10-6-3-4-8-16-10)9-5-1-2-7-11(9)18-13;3-2(4,5)1(6)7/h2-8H,9-10,17H2,1H3,(H,20,21);3-4,6,8H,1-2,5,7H2,(H2,15,17);(H,6,7). The number of carboxylic acid groups (broad SMARTS) is 2. The molecule has 5 rings (SSSR count). The normalized spacial score (nSPS) is 11.9. The number of benzene rings is 1. The summed E-state index contributed by atoms with van der Waals surface area (Å²) in [6, 6.07) is 17.7. The number of rotatable bonds is 7.